The molecule has 3 heterocycles. The highest BCUT2D eigenvalue weighted by Gasteiger charge is 2.19. The molecule has 0 unspecified atom stereocenters. The van der Waals surface area contributed by atoms with Crippen molar-refractivity contribution >= 4 is 64.9 Å². The van der Waals surface area contributed by atoms with Crippen molar-refractivity contribution in [2.24, 2.45) is 0 Å². The van der Waals surface area contributed by atoms with Gasteiger partial charge in [0.1, 0.15) is 17.0 Å². The van der Waals surface area contributed by atoms with Crippen molar-refractivity contribution in [2.45, 2.75) is 18.7 Å². The van der Waals surface area contributed by atoms with Crippen LogP contribution in [0.5, 0.6) is 0 Å². The van der Waals surface area contributed by atoms with Crippen molar-refractivity contribution in [1.29, 1.82) is 0 Å². The zero-order valence-electron chi connectivity index (χ0n) is 18.0. The molecule has 3 aromatic heterocycles. The second kappa shape index (κ2) is 8.82. The molecule has 5 aromatic rings. The molecular formula is C23H18BrN5O3S2. The van der Waals surface area contributed by atoms with Crippen molar-refractivity contribution < 1.29 is 12.9 Å². The topological polar surface area (TPSA) is 110 Å². The first-order valence-corrected chi connectivity index (χ1v) is 13.3. The van der Waals surface area contributed by atoms with E-state index in [0.717, 1.165) is 25.8 Å². The van der Waals surface area contributed by atoms with Gasteiger partial charge in [0, 0.05) is 26.7 Å². The summed E-state index contributed by atoms with van der Waals surface area (Å²) in [5, 5.41) is 10.0. The van der Waals surface area contributed by atoms with E-state index in [1.807, 2.05) is 24.3 Å². The van der Waals surface area contributed by atoms with E-state index in [-0.39, 0.29) is 10.8 Å². The highest BCUT2D eigenvalue weighted by Crippen LogP contribution is 2.37. The molecule has 0 fully saturated rings. The van der Waals surface area contributed by atoms with Crippen LogP contribution in [0.25, 0.3) is 21.3 Å². The van der Waals surface area contributed by atoms with E-state index in [1.165, 1.54) is 18.5 Å². The molecule has 172 valence electrons. The van der Waals surface area contributed by atoms with Crippen molar-refractivity contribution in [3.8, 4) is 11.1 Å². The number of halogens is 1. The van der Waals surface area contributed by atoms with Crippen LogP contribution in [0.2, 0.25) is 0 Å². The summed E-state index contributed by atoms with van der Waals surface area (Å²) in [5.74, 6) is 0.756. The van der Waals surface area contributed by atoms with E-state index in [2.05, 4.69) is 46.5 Å². The number of aromatic nitrogens is 3. The second-order valence-corrected chi connectivity index (χ2v) is 11.0. The quantitative estimate of drug-likeness (QED) is 0.254. The zero-order chi connectivity index (χ0) is 23.9. The van der Waals surface area contributed by atoms with Crippen molar-refractivity contribution in [3.63, 3.8) is 0 Å². The first-order chi connectivity index (χ1) is 16.3. The smallest absolute Gasteiger partial charge is 0.264 e. The van der Waals surface area contributed by atoms with Crippen LogP contribution in [0.1, 0.15) is 11.3 Å². The third-order valence-electron chi connectivity index (χ3n) is 5.34. The third-order valence-corrected chi connectivity index (χ3v) is 8.10. The molecule has 5 rings (SSSR count). The second-order valence-electron chi connectivity index (χ2n) is 7.54. The molecule has 2 aromatic carbocycles. The Morgan fingerprint density at radius 1 is 1.00 bits per heavy atom. The minimum atomic E-state index is -3.82. The number of fused-ring (bicyclic) bond motifs is 1. The maximum atomic E-state index is 12.8. The van der Waals surface area contributed by atoms with Gasteiger partial charge in [-0.05, 0) is 55.8 Å². The summed E-state index contributed by atoms with van der Waals surface area (Å²) in [7, 11) is -3.82. The first-order valence-electron chi connectivity index (χ1n) is 10.1. The predicted octanol–water partition coefficient (Wildman–Crippen LogP) is 6.27. The van der Waals surface area contributed by atoms with Crippen molar-refractivity contribution in [1.82, 2.24) is 15.1 Å². The summed E-state index contributed by atoms with van der Waals surface area (Å²) in [6.07, 6.45) is 1.51. The molecule has 2 N–H and O–H groups in total. The van der Waals surface area contributed by atoms with E-state index in [9.17, 15) is 8.42 Å². The van der Waals surface area contributed by atoms with Crippen molar-refractivity contribution in [2.75, 3.05) is 10.0 Å². The highest BCUT2D eigenvalue weighted by molar-refractivity contribution is 9.10. The van der Waals surface area contributed by atoms with Gasteiger partial charge in [0.05, 0.1) is 16.0 Å². The van der Waals surface area contributed by atoms with E-state index in [1.54, 1.807) is 37.3 Å². The molecule has 8 nitrogen and oxygen atoms in total. The zero-order valence-corrected chi connectivity index (χ0v) is 21.3. The molecule has 0 aliphatic carbocycles. The van der Waals surface area contributed by atoms with Gasteiger partial charge < -0.3 is 9.84 Å². The van der Waals surface area contributed by atoms with Crippen LogP contribution in [-0.2, 0) is 10.0 Å². The van der Waals surface area contributed by atoms with Gasteiger partial charge in [-0.15, -0.1) is 11.3 Å². The summed E-state index contributed by atoms with van der Waals surface area (Å²) >= 11 is 5.01. The van der Waals surface area contributed by atoms with Crippen LogP contribution >= 0.6 is 27.3 Å². The molecule has 0 atom stereocenters. The average Bonchev–Trinajstić information content (AvgIpc) is 3.39. The molecule has 11 heteroatoms. The van der Waals surface area contributed by atoms with Gasteiger partial charge in [0.15, 0.2) is 0 Å². The maximum Gasteiger partial charge on any atom is 0.264 e. The number of nitrogens with zero attached hydrogens (tertiary/aromatic N) is 3. The van der Waals surface area contributed by atoms with Crippen molar-refractivity contribution in [3.05, 3.63) is 76.0 Å². The lowest BCUT2D eigenvalue weighted by Gasteiger charge is -2.10. The Morgan fingerprint density at radius 3 is 2.41 bits per heavy atom. The number of thiophene rings is 1. The van der Waals surface area contributed by atoms with Crippen LogP contribution < -0.4 is 10.0 Å². The molecular weight excluding hydrogens is 538 g/mol. The first kappa shape index (κ1) is 22.5. The fraction of sp³-hybridized carbons (Fsp3) is 0.0870. The Bertz CT molecular complexity index is 1590. The Labute approximate surface area is 208 Å². The van der Waals surface area contributed by atoms with Crippen LogP contribution in [-0.4, -0.2) is 23.5 Å². The lowest BCUT2D eigenvalue weighted by atomic mass is 10.1. The Morgan fingerprint density at radius 2 is 1.74 bits per heavy atom. The standard InChI is InChI=1S/C23H18BrN5O3S2/c1-13-14(2)28-32-22(13)29-34(30,31)18-9-7-17(8-10-18)27-21-20-19(11-33-23(20)26-12-25-21)15-3-5-16(24)6-4-15/h3-12,29H,1-2H3,(H,25,26,27). The summed E-state index contributed by atoms with van der Waals surface area (Å²) in [4.78, 5) is 9.80. The minimum absolute atomic E-state index is 0.102. The van der Waals surface area contributed by atoms with Gasteiger partial charge in [-0.25, -0.2) is 23.1 Å². The molecule has 0 saturated heterocycles. The monoisotopic (exact) mass is 555 g/mol. The molecule has 0 aliphatic rings. The Balaban J connectivity index is 1.43. The maximum absolute atomic E-state index is 12.8. The molecule has 0 saturated carbocycles. The Kier molecular flexibility index (Phi) is 5.84. The number of anilines is 3. The van der Waals surface area contributed by atoms with Crippen LogP contribution in [0.3, 0.4) is 0 Å². The number of aryl methyl sites for hydroxylation is 1. The van der Waals surface area contributed by atoms with Gasteiger partial charge in [-0.2, -0.15) is 0 Å². The molecule has 0 bridgehead atoms. The number of sulfonamides is 1. The summed E-state index contributed by atoms with van der Waals surface area (Å²) < 4.78 is 34.0. The molecule has 0 spiro atoms. The van der Waals surface area contributed by atoms with Gasteiger partial charge in [-0.3, -0.25) is 0 Å². The largest absolute Gasteiger partial charge is 0.340 e. The third kappa shape index (κ3) is 4.29. The SMILES string of the molecule is Cc1noc(NS(=O)(=O)c2ccc(Nc3ncnc4scc(-c5ccc(Br)cc5)c34)cc2)c1C. The van der Waals surface area contributed by atoms with Gasteiger partial charge >= 0.3 is 0 Å². The number of hydrogen-bond acceptors (Lipinski definition) is 8. The lowest BCUT2D eigenvalue weighted by molar-refractivity contribution is 0.430. The number of benzene rings is 2. The Hall–Kier alpha value is -3.28. The molecule has 0 amide bonds. The van der Waals surface area contributed by atoms with Gasteiger partial charge in [0.25, 0.3) is 10.0 Å². The van der Waals surface area contributed by atoms with Crippen LogP contribution in [0.4, 0.5) is 17.4 Å². The average molecular weight is 556 g/mol. The van der Waals surface area contributed by atoms with Crippen LogP contribution in [0.15, 0.2) is 74.1 Å². The van der Waals surface area contributed by atoms with E-state index >= 15 is 0 Å². The molecule has 34 heavy (non-hydrogen) atoms. The summed E-state index contributed by atoms with van der Waals surface area (Å²) in [5.41, 5.74) is 4.05. The number of hydrogen-bond donors (Lipinski definition) is 2. The summed E-state index contributed by atoms with van der Waals surface area (Å²) in [6.45, 7) is 3.49. The van der Waals surface area contributed by atoms with Crippen LogP contribution in [0, 0.1) is 13.8 Å². The van der Waals surface area contributed by atoms with E-state index in [4.69, 9.17) is 4.52 Å². The molecule has 0 radical (unpaired) electrons. The lowest BCUT2D eigenvalue weighted by Crippen LogP contribution is -2.13. The van der Waals surface area contributed by atoms with E-state index < -0.39 is 10.0 Å². The number of nitrogens with one attached hydrogen (secondary N) is 2. The van der Waals surface area contributed by atoms with Gasteiger partial charge in [0.2, 0.25) is 5.88 Å². The fourth-order valence-corrected chi connectivity index (χ4v) is 5.58. The fourth-order valence-electron chi connectivity index (χ4n) is 3.36. The predicted molar refractivity (Wildman–Crippen MR) is 137 cm³/mol. The normalized spacial score (nSPS) is 11.6. The highest BCUT2D eigenvalue weighted by atomic mass is 79.9. The number of rotatable bonds is 6. The summed E-state index contributed by atoms with van der Waals surface area (Å²) in [6, 6.07) is 14.5. The van der Waals surface area contributed by atoms with Gasteiger partial charge in [-0.1, -0.05) is 33.2 Å². The minimum Gasteiger partial charge on any atom is -0.340 e. The van der Waals surface area contributed by atoms with E-state index in [0.29, 0.717) is 22.8 Å². The molecule has 0 aliphatic heterocycles.